The Morgan fingerprint density at radius 3 is 1.88 bits per heavy atom. The molecule has 5 heteroatoms. The molecule has 0 rings (SSSR count). The molecule has 0 aromatic rings. The van der Waals surface area contributed by atoms with Crippen LogP contribution in [0.3, 0.4) is 0 Å². The highest BCUT2D eigenvalue weighted by atomic mass is 32.3. The van der Waals surface area contributed by atoms with Crippen LogP contribution in [0.1, 0.15) is 0 Å². The summed E-state index contributed by atoms with van der Waals surface area (Å²) in [5.74, 6) is 0. The Hall–Kier alpha value is 0.1000. The van der Waals surface area contributed by atoms with Gasteiger partial charge in [0.05, 0.1) is 0 Å². The SMILES string of the molecule is CS(=O)CS(C)(=O)=O. The maximum atomic E-state index is 10.2. The maximum Gasteiger partial charge on any atom is 0.159 e. The third-order valence-corrected chi connectivity index (χ3v) is 3.42. The van der Waals surface area contributed by atoms with Gasteiger partial charge in [-0.1, -0.05) is 0 Å². The molecule has 3 nitrogen and oxygen atoms in total. The first-order valence-electron chi connectivity index (χ1n) is 1.89. The second-order valence-electron chi connectivity index (χ2n) is 1.62. The van der Waals surface area contributed by atoms with Gasteiger partial charge in [-0.3, -0.25) is 4.21 Å². The van der Waals surface area contributed by atoms with Gasteiger partial charge in [0.1, 0.15) is 5.08 Å². The minimum Gasteiger partial charge on any atom is -0.259 e. The van der Waals surface area contributed by atoms with Crippen molar-refractivity contribution in [2.75, 3.05) is 17.6 Å². The van der Waals surface area contributed by atoms with E-state index in [2.05, 4.69) is 0 Å². The first-order chi connectivity index (χ1) is 3.42. The van der Waals surface area contributed by atoms with Crippen molar-refractivity contribution in [1.29, 1.82) is 0 Å². The Labute approximate surface area is 51.5 Å². The third kappa shape index (κ3) is 6.10. The van der Waals surface area contributed by atoms with Gasteiger partial charge in [-0.05, 0) is 0 Å². The van der Waals surface area contributed by atoms with Gasteiger partial charge in [-0.15, -0.1) is 0 Å². The number of hydrogen-bond donors (Lipinski definition) is 0. The molecule has 0 spiro atoms. The summed E-state index contributed by atoms with van der Waals surface area (Å²) < 4.78 is 30.7. The van der Waals surface area contributed by atoms with Gasteiger partial charge >= 0.3 is 0 Å². The van der Waals surface area contributed by atoms with Crippen molar-refractivity contribution < 1.29 is 12.6 Å². The van der Waals surface area contributed by atoms with Crippen molar-refractivity contribution >= 4 is 20.6 Å². The summed E-state index contributed by atoms with van der Waals surface area (Å²) in [7, 11) is -4.25. The molecule has 50 valence electrons. The minimum atomic E-state index is -3.02. The molecule has 0 fully saturated rings. The molecule has 0 aliphatic rings. The quantitative estimate of drug-likeness (QED) is 0.534. The van der Waals surface area contributed by atoms with E-state index in [1.165, 1.54) is 6.26 Å². The molecule has 0 saturated carbocycles. The number of sulfone groups is 1. The van der Waals surface area contributed by atoms with Gasteiger partial charge in [0.2, 0.25) is 0 Å². The highest BCUT2D eigenvalue weighted by Gasteiger charge is 2.02. The summed E-state index contributed by atoms with van der Waals surface area (Å²) in [6.07, 6.45) is 2.43. The molecule has 0 amide bonds. The molecule has 0 radical (unpaired) electrons. The zero-order chi connectivity index (χ0) is 6.78. The molecule has 0 aliphatic heterocycles. The van der Waals surface area contributed by atoms with Crippen LogP contribution in [0, 0.1) is 0 Å². The molecule has 1 unspecified atom stereocenters. The molecule has 0 N–H and O–H groups in total. The molecule has 0 bridgehead atoms. The van der Waals surface area contributed by atoms with Crippen LogP contribution in [0.2, 0.25) is 0 Å². The highest BCUT2D eigenvalue weighted by Crippen LogP contribution is 1.83. The topological polar surface area (TPSA) is 51.2 Å². The van der Waals surface area contributed by atoms with Crippen molar-refractivity contribution in [2.45, 2.75) is 0 Å². The molecule has 0 saturated heterocycles. The number of rotatable bonds is 2. The predicted octanol–water partition coefficient (Wildman–Crippen LogP) is -0.633. The third-order valence-electron chi connectivity index (χ3n) is 0.380. The average molecular weight is 156 g/mol. The molecule has 0 aromatic carbocycles. The van der Waals surface area contributed by atoms with E-state index in [1.807, 2.05) is 0 Å². The largest absolute Gasteiger partial charge is 0.259 e. The standard InChI is InChI=1S/C3H8O3S2/c1-7(4)3-8(2,5)6/h3H2,1-2H3. The van der Waals surface area contributed by atoms with Crippen LogP contribution < -0.4 is 0 Å². The summed E-state index contributed by atoms with van der Waals surface area (Å²) in [5, 5.41) is -0.229. The van der Waals surface area contributed by atoms with Crippen molar-refractivity contribution in [3.63, 3.8) is 0 Å². The molecule has 0 heterocycles. The van der Waals surface area contributed by atoms with E-state index in [4.69, 9.17) is 0 Å². The highest BCUT2D eigenvalue weighted by molar-refractivity contribution is 8.04. The van der Waals surface area contributed by atoms with Gasteiger partial charge in [0, 0.05) is 23.3 Å². The van der Waals surface area contributed by atoms with E-state index in [0.717, 1.165) is 6.26 Å². The van der Waals surface area contributed by atoms with Gasteiger partial charge in [0.25, 0.3) is 0 Å². The van der Waals surface area contributed by atoms with Crippen LogP contribution in [0.5, 0.6) is 0 Å². The Morgan fingerprint density at radius 1 is 1.50 bits per heavy atom. The summed E-state index contributed by atoms with van der Waals surface area (Å²) in [6, 6.07) is 0. The lowest BCUT2D eigenvalue weighted by molar-refractivity contribution is 0.605. The fourth-order valence-corrected chi connectivity index (χ4v) is 2.71. The first kappa shape index (κ1) is 8.10. The fourth-order valence-electron chi connectivity index (χ4n) is 0.301. The van der Waals surface area contributed by atoms with E-state index < -0.39 is 20.6 Å². The van der Waals surface area contributed by atoms with E-state index in [-0.39, 0.29) is 5.08 Å². The van der Waals surface area contributed by atoms with E-state index in [0.29, 0.717) is 0 Å². The summed E-state index contributed by atoms with van der Waals surface area (Å²) in [5.41, 5.74) is 0. The van der Waals surface area contributed by atoms with E-state index in [1.54, 1.807) is 0 Å². The molecule has 1 atom stereocenters. The van der Waals surface area contributed by atoms with Crippen molar-refractivity contribution in [1.82, 2.24) is 0 Å². The van der Waals surface area contributed by atoms with E-state index >= 15 is 0 Å². The van der Waals surface area contributed by atoms with E-state index in [9.17, 15) is 12.6 Å². The smallest absolute Gasteiger partial charge is 0.159 e. The average Bonchev–Trinajstić information content (AvgIpc) is 1.21. The minimum absolute atomic E-state index is 0.229. The van der Waals surface area contributed by atoms with Gasteiger partial charge in [0.15, 0.2) is 9.84 Å². The molecule has 8 heavy (non-hydrogen) atoms. The molecule has 0 aromatic heterocycles. The monoisotopic (exact) mass is 156 g/mol. The second kappa shape index (κ2) is 2.59. The van der Waals surface area contributed by atoms with Crippen LogP contribution in [-0.4, -0.2) is 30.2 Å². The number of hydrogen-bond acceptors (Lipinski definition) is 3. The summed E-state index contributed by atoms with van der Waals surface area (Å²) in [4.78, 5) is 0. The lowest BCUT2D eigenvalue weighted by atomic mass is 11.9. The van der Waals surface area contributed by atoms with Gasteiger partial charge in [-0.2, -0.15) is 0 Å². The second-order valence-corrected chi connectivity index (χ2v) is 5.56. The van der Waals surface area contributed by atoms with Gasteiger partial charge < -0.3 is 0 Å². The maximum absolute atomic E-state index is 10.2. The molecular weight excluding hydrogens is 148 g/mol. The Morgan fingerprint density at radius 2 is 1.88 bits per heavy atom. The van der Waals surface area contributed by atoms with Crippen LogP contribution >= 0.6 is 0 Å². The van der Waals surface area contributed by atoms with Crippen LogP contribution in [0.25, 0.3) is 0 Å². The van der Waals surface area contributed by atoms with Crippen LogP contribution in [-0.2, 0) is 20.6 Å². The molecular formula is C3H8O3S2. The van der Waals surface area contributed by atoms with Crippen LogP contribution in [0.4, 0.5) is 0 Å². The molecule has 0 aliphatic carbocycles. The van der Waals surface area contributed by atoms with Gasteiger partial charge in [-0.25, -0.2) is 8.42 Å². The van der Waals surface area contributed by atoms with Crippen molar-refractivity contribution in [3.8, 4) is 0 Å². The zero-order valence-corrected chi connectivity index (χ0v) is 6.38. The predicted molar refractivity (Wildman–Crippen MR) is 33.8 cm³/mol. The summed E-state index contributed by atoms with van der Waals surface area (Å²) in [6.45, 7) is 0. The first-order valence-corrected chi connectivity index (χ1v) is 5.68. The Bertz CT molecular complexity index is 179. The fraction of sp³-hybridized carbons (Fsp3) is 1.00. The van der Waals surface area contributed by atoms with Crippen molar-refractivity contribution in [3.05, 3.63) is 0 Å². The van der Waals surface area contributed by atoms with Crippen molar-refractivity contribution in [2.24, 2.45) is 0 Å². The Balaban J connectivity index is 3.95. The zero-order valence-electron chi connectivity index (χ0n) is 4.75. The lowest BCUT2D eigenvalue weighted by Crippen LogP contribution is -2.06. The normalized spacial score (nSPS) is 15.8. The Kier molecular flexibility index (Phi) is 2.62. The lowest BCUT2D eigenvalue weighted by Gasteiger charge is -1.88. The van der Waals surface area contributed by atoms with Crippen LogP contribution in [0.15, 0.2) is 0 Å². The summed E-state index contributed by atoms with van der Waals surface area (Å²) >= 11 is 0.